The van der Waals surface area contributed by atoms with Gasteiger partial charge >= 0.3 is 0 Å². The lowest BCUT2D eigenvalue weighted by molar-refractivity contribution is 0.0904. The monoisotopic (exact) mass is 479 g/mol. The van der Waals surface area contributed by atoms with Crippen LogP contribution < -0.4 is 10.6 Å². The highest BCUT2D eigenvalue weighted by atomic mass is 16.5. The molecule has 1 saturated heterocycles. The van der Waals surface area contributed by atoms with Gasteiger partial charge in [-0.3, -0.25) is 4.79 Å². The van der Waals surface area contributed by atoms with Crippen molar-refractivity contribution in [2.75, 3.05) is 18.5 Å². The number of anilines is 1. The van der Waals surface area contributed by atoms with E-state index in [1.165, 1.54) is 0 Å². The number of pyridine rings is 1. The Bertz CT molecular complexity index is 1210. The number of nitrogens with zero attached hydrogens (tertiary/aromatic N) is 3. The Balaban J connectivity index is 1.66. The maximum Gasteiger partial charge on any atom is 0.255 e. The molecule has 3 heterocycles. The number of amides is 1. The number of aromatic hydroxyl groups is 1. The molecule has 0 unspecified atom stereocenters. The van der Waals surface area contributed by atoms with Gasteiger partial charge < -0.3 is 20.5 Å². The van der Waals surface area contributed by atoms with E-state index in [1.54, 1.807) is 12.1 Å². The summed E-state index contributed by atoms with van der Waals surface area (Å²) < 4.78 is 7.44. The number of hydrogen-bond donors (Lipinski definition) is 3. The van der Waals surface area contributed by atoms with E-state index in [0.717, 1.165) is 72.6 Å². The van der Waals surface area contributed by atoms with Gasteiger partial charge in [0.15, 0.2) is 5.65 Å². The lowest BCUT2D eigenvalue weighted by atomic mass is 9.86. The van der Waals surface area contributed by atoms with Gasteiger partial charge in [-0.25, -0.2) is 9.67 Å². The first-order chi connectivity index (χ1) is 16.7. The molecular weight excluding hydrogens is 442 g/mol. The van der Waals surface area contributed by atoms with Crippen LogP contribution in [0.25, 0.3) is 11.0 Å². The Morgan fingerprint density at radius 1 is 1.23 bits per heavy atom. The summed E-state index contributed by atoms with van der Waals surface area (Å²) in [4.78, 5) is 18.0. The largest absolute Gasteiger partial charge is 0.507 e. The lowest BCUT2D eigenvalue weighted by Gasteiger charge is -2.26. The quantitative estimate of drug-likeness (QED) is 0.460. The first-order valence-electron chi connectivity index (χ1n) is 12.6. The Labute approximate surface area is 207 Å². The Morgan fingerprint density at radius 3 is 2.60 bits per heavy atom. The van der Waals surface area contributed by atoms with Crippen LogP contribution in [0.2, 0.25) is 0 Å². The molecule has 0 radical (unpaired) electrons. The molecule has 35 heavy (non-hydrogen) atoms. The molecule has 1 aromatic carbocycles. The Hall–Kier alpha value is -3.13. The van der Waals surface area contributed by atoms with Crippen LogP contribution in [0.15, 0.2) is 24.4 Å². The van der Waals surface area contributed by atoms with Gasteiger partial charge in [0, 0.05) is 43.6 Å². The van der Waals surface area contributed by atoms with Crippen molar-refractivity contribution < 1.29 is 14.6 Å². The van der Waals surface area contributed by atoms with Crippen LogP contribution in [-0.2, 0) is 29.7 Å². The van der Waals surface area contributed by atoms with Gasteiger partial charge in [0.1, 0.15) is 5.75 Å². The third-order valence-corrected chi connectivity index (χ3v) is 6.71. The summed E-state index contributed by atoms with van der Waals surface area (Å²) in [5, 5.41) is 22.8. The summed E-state index contributed by atoms with van der Waals surface area (Å²) in [5.41, 5.74) is 4.84. The third-order valence-electron chi connectivity index (χ3n) is 6.71. The van der Waals surface area contributed by atoms with Crippen LogP contribution in [-0.4, -0.2) is 45.0 Å². The fourth-order valence-electron chi connectivity index (χ4n) is 4.55. The number of aromatic nitrogens is 3. The molecule has 0 aliphatic carbocycles. The first-order valence-corrected chi connectivity index (χ1v) is 12.6. The average molecular weight is 480 g/mol. The number of hydrogen-bond acceptors (Lipinski definition) is 6. The maximum atomic E-state index is 13.1. The number of aryl methyl sites for hydroxylation is 2. The molecule has 3 aromatic rings. The highest BCUT2D eigenvalue weighted by Crippen LogP contribution is 2.32. The maximum absolute atomic E-state index is 13.1. The van der Waals surface area contributed by atoms with Crippen LogP contribution in [0.1, 0.15) is 74.6 Å². The topological polar surface area (TPSA) is 101 Å². The molecule has 2 aromatic heterocycles. The fourth-order valence-corrected chi connectivity index (χ4v) is 4.55. The van der Waals surface area contributed by atoms with E-state index >= 15 is 0 Å². The molecule has 3 N–H and O–H groups in total. The van der Waals surface area contributed by atoms with E-state index in [-0.39, 0.29) is 28.7 Å². The van der Waals surface area contributed by atoms with Crippen molar-refractivity contribution in [2.45, 2.75) is 78.4 Å². The molecule has 8 nitrogen and oxygen atoms in total. The number of phenols is 1. The number of rotatable bonds is 7. The van der Waals surface area contributed by atoms with Gasteiger partial charge in [-0.2, -0.15) is 5.10 Å². The van der Waals surface area contributed by atoms with Gasteiger partial charge in [0.2, 0.25) is 0 Å². The normalized spacial score (nSPS) is 14.9. The number of benzene rings is 1. The summed E-state index contributed by atoms with van der Waals surface area (Å²) in [5.74, 6) is -0.324. The SMILES string of the molecule is CCc1nc2c(cnn2CC)c(NC2CCOCC2)c1CNC(=O)c1ccc(C(C)(C)C)cc1O. The molecule has 0 bridgehead atoms. The zero-order valence-electron chi connectivity index (χ0n) is 21.4. The fraction of sp³-hybridized carbons (Fsp3) is 0.519. The standard InChI is InChI=1S/C27H37N5O3/c1-6-22-20(15-28-26(34)19-9-8-17(14-23(19)33)27(3,4)5)24(30-18-10-12-35-13-11-18)21-16-29-32(7-2)25(21)31-22/h8-9,14,16,18,33H,6-7,10-13,15H2,1-5H3,(H,28,34)(H,30,31). The minimum Gasteiger partial charge on any atom is -0.507 e. The van der Waals surface area contributed by atoms with Crippen LogP contribution in [0.3, 0.4) is 0 Å². The number of ether oxygens (including phenoxy) is 1. The second-order valence-electron chi connectivity index (χ2n) is 10.2. The Morgan fingerprint density at radius 2 is 1.97 bits per heavy atom. The summed E-state index contributed by atoms with van der Waals surface area (Å²) in [6.07, 6.45) is 4.43. The number of fused-ring (bicyclic) bond motifs is 1. The minimum atomic E-state index is -0.314. The molecule has 188 valence electrons. The molecule has 0 spiro atoms. The summed E-state index contributed by atoms with van der Waals surface area (Å²) in [7, 11) is 0. The van der Waals surface area contributed by atoms with Gasteiger partial charge in [-0.05, 0) is 49.3 Å². The van der Waals surface area contributed by atoms with Gasteiger partial charge in [0.05, 0.1) is 22.8 Å². The zero-order valence-corrected chi connectivity index (χ0v) is 21.4. The summed E-state index contributed by atoms with van der Waals surface area (Å²) in [6.45, 7) is 12.8. The molecule has 8 heteroatoms. The van der Waals surface area contributed by atoms with Crippen LogP contribution in [0.5, 0.6) is 5.75 Å². The van der Waals surface area contributed by atoms with E-state index in [4.69, 9.17) is 9.72 Å². The molecule has 1 aliphatic heterocycles. The molecular formula is C27H37N5O3. The number of phenolic OH excluding ortho intramolecular Hbond substituents is 1. The summed E-state index contributed by atoms with van der Waals surface area (Å²) in [6, 6.07) is 5.56. The zero-order chi connectivity index (χ0) is 25.2. The van der Waals surface area contributed by atoms with Crippen molar-refractivity contribution in [3.05, 3.63) is 46.8 Å². The predicted molar refractivity (Wildman–Crippen MR) is 138 cm³/mol. The number of nitrogens with one attached hydrogen (secondary N) is 2. The molecule has 1 amide bonds. The second-order valence-corrected chi connectivity index (χ2v) is 10.2. The van der Waals surface area contributed by atoms with E-state index < -0.39 is 0 Å². The van der Waals surface area contributed by atoms with Crippen LogP contribution in [0, 0.1) is 0 Å². The van der Waals surface area contributed by atoms with Crippen molar-refractivity contribution in [3.63, 3.8) is 0 Å². The van der Waals surface area contributed by atoms with Crippen molar-refractivity contribution in [1.82, 2.24) is 20.1 Å². The highest BCUT2D eigenvalue weighted by Gasteiger charge is 2.23. The van der Waals surface area contributed by atoms with E-state index in [9.17, 15) is 9.90 Å². The van der Waals surface area contributed by atoms with Crippen LogP contribution >= 0.6 is 0 Å². The van der Waals surface area contributed by atoms with Gasteiger partial charge in [-0.1, -0.05) is 33.8 Å². The average Bonchev–Trinajstić information content (AvgIpc) is 3.25. The molecule has 1 fully saturated rings. The van der Waals surface area contributed by atoms with E-state index in [1.807, 2.05) is 16.9 Å². The van der Waals surface area contributed by atoms with E-state index in [0.29, 0.717) is 6.54 Å². The third kappa shape index (κ3) is 5.27. The first kappa shape index (κ1) is 25.0. The molecule has 4 rings (SSSR count). The molecule has 0 saturated carbocycles. The van der Waals surface area contributed by atoms with Crippen molar-refractivity contribution in [1.29, 1.82) is 0 Å². The predicted octanol–water partition coefficient (Wildman–Crippen LogP) is 4.54. The van der Waals surface area contributed by atoms with Crippen LogP contribution in [0.4, 0.5) is 5.69 Å². The highest BCUT2D eigenvalue weighted by molar-refractivity contribution is 5.97. The molecule has 1 aliphatic rings. The van der Waals surface area contributed by atoms with Crippen molar-refractivity contribution in [2.24, 2.45) is 0 Å². The smallest absolute Gasteiger partial charge is 0.255 e. The Kier molecular flexibility index (Phi) is 7.31. The van der Waals surface area contributed by atoms with E-state index in [2.05, 4.69) is 50.4 Å². The second kappa shape index (κ2) is 10.2. The minimum absolute atomic E-state index is 0.0102. The summed E-state index contributed by atoms with van der Waals surface area (Å²) >= 11 is 0. The van der Waals surface area contributed by atoms with Crippen molar-refractivity contribution in [3.8, 4) is 5.75 Å². The lowest BCUT2D eigenvalue weighted by Crippen LogP contribution is -2.30. The van der Waals surface area contributed by atoms with Gasteiger partial charge in [0.25, 0.3) is 5.91 Å². The van der Waals surface area contributed by atoms with Crippen molar-refractivity contribution >= 4 is 22.6 Å². The molecule has 0 atom stereocenters. The number of carbonyl (C=O) groups is 1. The van der Waals surface area contributed by atoms with Gasteiger partial charge in [-0.15, -0.1) is 0 Å². The number of carbonyl (C=O) groups excluding carboxylic acids is 1.